The number of anilines is 1. The lowest BCUT2D eigenvalue weighted by Gasteiger charge is -2.41. The van der Waals surface area contributed by atoms with E-state index >= 15 is 0 Å². The third-order valence-corrected chi connectivity index (χ3v) is 7.20. The van der Waals surface area contributed by atoms with E-state index in [1.165, 1.54) is 0 Å². The van der Waals surface area contributed by atoms with Crippen LogP contribution in [-0.4, -0.2) is 49.8 Å². The molecule has 33 heavy (non-hydrogen) atoms. The number of nitrogens with one attached hydrogen (secondary N) is 1. The highest BCUT2D eigenvalue weighted by Crippen LogP contribution is 2.58. The number of aromatic nitrogens is 4. The molecule has 0 unspecified atom stereocenters. The first-order valence-corrected chi connectivity index (χ1v) is 11.2. The number of pyridine rings is 1. The number of halogens is 2. The number of rotatable bonds is 6. The number of nitrogens with zero attached hydrogens (tertiary/aromatic N) is 4. The summed E-state index contributed by atoms with van der Waals surface area (Å²) in [5.74, 6) is -0.289. The van der Waals surface area contributed by atoms with Crippen LogP contribution in [0.4, 0.5) is 14.6 Å². The van der Waals surface area contributed by atoms with Crippen LogP contribution in [-0.2, 0) is 17.2 Å². The maximum absolute atomic E-state index is 13.1. The van der Waals surface area contributed by atoms with Crippen LogP contribution in [0.15, 0.2) is 30.7 Å². The second-order valence-corrected chi connectivity index (χ2v) is 9.95. The molecule has 2 saturated carbocycles. The fourth-order valence-electron chi connectivity index (χ4n) is 5.44. The van der Waals surface area contributed by atoms with Gasteiger partial charge in [0.1, 0.15) is 11.4 Å². The minimum absolute atomic E-state index is 0.0662. The van der Waals surface area contributed by atoms with Gasteiger partial charge in [-0.25, -0.2) is 13.8 Å². The van der Waals surface area contributed by atoms with Crippen molar-refractivity contribution in [1.82, 2.24) is 19.2 Å². The number of ether oxygens (including phenoxy) is 2. The molecule has 2 aliphatic carbocycles. The average Bonchev–Trinajstić information content (AvgIpc) is 3.45. The molecule has 4 fully saturated rings. The first kappa shape index (κ1) is 20.6. The summed E-state index contributed by atoms with van der Waals surface area (Å²) in [4.78, 5) is 17.9. The van der Waals surface area contributed by atoms with E-state index in [0.717, 1.165) is 18.5 Å². The SMILES string of the molecule is Cn1ccc(NC(=O)c2cn3cc(C45COC(C)(C4)C5)nc3cc2OC2CC(C(F)F)C2)n1. The van der Waals surface area contributed by atoms with E-state index in [0.29, 0.717) is 29.4 Å². The van der Waals surface area contributed by atoms with Crippen LogP contribution in [0, 0.1) is 5.92 Å². The van der Waals surface area contributed by atoms with E-state index in [1.54, 1.807) is 36.3 Å². The van der Waals surface area contributed by atoms with Crippen LogP contribution in [0.5, 0.6) is 5.75 Å². The predicted octanol–water partition coefficient (Wildman–Crippen LogP) is 3.56. The molecular weight excluding hydrogens is 432 g/mol. The molecule has 3 aromatic rings. The highest BCUT2D eigenvalue weighted by Gasteiger charge is 2.61. The Morgan fingerprint density at radius 1 is 1.33 bits per heavy atom. The number of amides is 1. The smallest absolute Gasteiger partial charge is 0.262 e. The Hall–Kier alpha value is -3.01. The molecule has 2 aliphatic heterocycles. The molecule has 5 heterocycles. The maximum atomic E-state index is 13.1. The molecule has 8 nitrogen and oxygen atoms in total. The van der Waals surface area contributed by atoms with Crippen LogP contribution in [0.1, 0.15) is 48.7 Å². The molecule has 7 rings (SSSR count). The fourth-order valence-corrected chi connectivity index (χ4v) is 5.44. The molecule has 1 amide bonds. The first-order chi connectivity index (χ1) is 15.7. The molecule has 2 saturated heterocycles. The van der Waals surface area contributed by atoms with Crippen molar-refractivity contribution in [2.24, 2.45) is 13.0 Å². The molecule has 0 radical (unpaired) electrons. The van der Waals surface area contributed by atoms with Gasteiger partial charge in [0.05, 0.1) is 29.6 Å². The number of alkyl halides is 2. The number of aryl methyl sites for hydroxylation is 1. The van der Waals surface area contributed by atoms with Crippen molar-refractivity contribution >= 4 is 17.4 Å². The molecular formula is C23H25F2N5O3. The van der Waals surface area contributed by atoms with Gasteiger partial charge in [0.15, 0.2) is 5.82 Å². The normalized spacial score (nSPS) is 30.3. The largest absolute Gasteiger partial charge is 0.489 e. The minimum Gasteiger partial charge on any atom is -0.489 e. The minimum atomic E-state index is -2.35. The van der Waals surface area contributed by atoms with Gasteiger partial charge < -0.3 is 19.2 Å². The Morgan fingerprint density at radius 3 is 2.76 bits per heavy atom. The zero-order valence-electron chi connectivity index (χ0n) is 18.4. The topological polar surface area (TPSA) is 82.7 Å². The van der Waals surface area contributed by atoms with Crippen molar-refractivity contribution in [2.45, 2.75) is 56.2 Å². The highest BCUT2D eigenvalue weighted by molar-refractivity contribution is 6.05. The van der Waals surface area contributed by atoms with Crippen LogP contribution in [0.2, 0.25) is 0 Å². The maximum Gasteiger partial charge on any atom is 0.262 e. The quantitative estimate of drug-likeness (QED) is 0.612. The first-order valence-electron chi connectivity index (χ1n) is 11.2. The van der Waals surface area contributed by atoms with Gasteiger partial charge in [0.2, 0.25) is 6.43 Å². The van der Waals surface area contributed by atoms with Gasteiger partial charge in [-0.3, -0.25) is 9.48 Å². The Labute approximate surface area is 188 Å². The molecule has 3 aromatic heterocycles. The molecule has 1 N–H and O–H groups in total. The van der Waals surface area contributed by atoms with E-state index in [4.69, 9.17) is 14.5 Å². The van der Waals surface area contributed by atoms with Crippen molar-refractivity contribution in [2.75, 3.05) is 11.9 Å². The third kappa shape index (κ3) is 3.38. The lowest BCUT2D eigenvalue weighted by atomic mass is 9.62. The number of carbonyl (C=O) groups is 1. The molecule has 4 aliphatic rings. The summed E-state index contributed by atoms with van der Waals surface area (Å²) in [6.07, 6.45) is 5.05. The molecule has 0 spiro atoms. The van der Waals surface area contributed by atoms with Gasteiger partial charge in [-0.15, -0.1) is 0 Å². The van der Waals surface area contributed by atoms with Gasteiger partial charge in [0.25, 0.3) is 5.91 Å². The Bertz CT molecular complexity index is 1240. The zero-order chi connectivity index (χ0) is 23.0. The third-order valence-electron chi connectivity index (χ3n) is 7.20. The van der Waals surface area contributed by atoms with E-state index in [-0.39, 0.29) is 35.9 Å². The van der Waals surface area contributed by atoms with Crippen LogP contribution in [0.25, 0.3) is 5.65 Å². The zero-order valence-corrected chi connectivity index (χ0v) is 18.4. The summed E-state index contributed by atoms with van der Waals surface area (Å²) in [6.45, 7) is 2.76. The van der Waals surface area contributed by atoms with Crippen LogP contribution < -0.4 is 10.1 Å². The van der Waals surface area contributed by atoms with E-state index < -0.39 is 12.3 Å². The van der Waals surface area contributed by atoms with Gasteiger partial charge in [-0.1, -0.05) is 0 Å². The molecule has 0 aromatic carbocycles. The number of hydrogen-bond donors (Lipinski definition) is 1. The summed E-state index contributed by atoms with van der Waals surface area (Å²) >= 11 is 0. The van der Waals surface area contributed by atoms with Crippen LogP contribution in [0.3, 0.4) is 0 Å². The molecule has 0 atom stereocenters. The van der Waals surface area contributed by atoms with E-state index in [9.17, 15) is 13.6 Å². The van der Waals surface area contributed by atoms with Gasteiger partial charge >= 0.3 is 0 Å². The summed E-state index contributed by atoms with van der Waals surface area (Å²) in [5.41, 5.74) is 1.73. The molecule has 174 valence electrons. The molecule has 2 bridgehead atoms. The van der Waals surface area contributed by atoms with Crippen molar-refractivity contribution in [1.29, 1.82) is 0 Å². The Kier molecular flexibility index (Phi) is 4.36. The van der Waals surface area contributed by atoms with Crippen molar-refractivity contribution in [3.63, 3.8) is 0 Å². The summed E-state index contributed by atoms with van der Waals surface area (Å²) in [7, 11) is 1.76. The van der Waals surface area contributed by atoms with Crippen molar-refractivity contribution in [3.8, 4) is 5.75 Å². The van der Waals surface area contributed by atoms with Gasteiger partial charge in [-0.2, -0.15) is 5.10 Å². The lowest BCUT2D eigenvalue weighted by Crippen LogP contribution is -2.45. The van der Waals surface area contributed by atoms with Gasteiger partial charge in [-0.05, 0) is 32.6 Å². The van der Waals surface area contributed by atoms with Crippen LogP contribution >= 0.6 is 0 Å². The van der Waals surface area contributed by atoms with E-state index in [1.807, 2.05) is 10.6 Å². The van der Waals surface area contributed by atoms with Crippen molar-refractivity contribution in [3.05, 3.63) is 42.0 Å². The second-order valence-electron chi connectivity index (χ2n) is 9.95. The monoisotopic (exact) mass is 457 g/mol. The summed E-state index contributed by atoms with van der Waals surface area (Å²) in [6, 6.07) is 3.41. The lowest BCUT2D eigenvalue weighted by molar-refractivity contribution is -0.0330. The number of fused-ring (bicyclic) bond motifs is 2. The van der Waals surface area contributed by atoms with Gasteiger partial charge in [0, 0.05) is 49.1 Å². The second kappa shape index (κ2) is 6.99. The average molecular weight is 457 g/mol. The van der Waals surface area contributed by atoms with E-state index in [2.05, 4.69) is 17.3 Å². The summed E-state index contributed by atoms with van der Waals surface area (Å²) in [5, 5.41) is 6.97. The predicted molar refractivity (Wildman–Crippen MR) is 115 cm³/mol. The Morgan fingerprint density at radius 2 is 2.12 bits per heavy atom. The summed E-state index contributed by atoms with van der Waals surface area (Å²) < 4.78 is 41.2. The number of imidazole rings is 1. The fraction of sp³-hybridized carbons (Fsp3) is 0.522. The number of hydrogen-bond acceptors (Lipinski definition) is 5. The standard InChI is InChI=1S/C23H25F2N5O3/c1-22-10-23(11-22,12-32-22)17-9-30-8-15(21(31)27-18-3-4-29(2)28-18)16(7-19(30)26-17)33-14-5-13(6-14)20(24)25/h3-4,7-9,13-14,20H,5-6,10-12H2,1-2H3,(H,27,28,31). The highest BCUT2D eigenvalue weighted by atomic mass is 19.3. The number of carbonyl (C=O) groups excluding carboxylic acids is 1. The van der Waals surface area contributed by atoms with Crippen molar-refractivity contribution < 1.29 is 23.0 Å². The Balaban J connectivity index is 1.32. The molecule has 10 heteroatoms.